The van der Waals surface area contributed by atoms with E-state index < -0.39 is 35.4 Å². The van der Waals surface area contributed by atoms with Gasteiger partial charge < -0.3 is 14.2 Å². The summed E-state index contributed by atoms with van der Waals surface area (Å²) in [7, 11) is 2.59. The van der Waals surface area contributed by atoms with Gasteiger partial charge in [-0.2, -0.15) is 14.9 Å². The number of aromatic nitrogens is 5. The van der Waals surface area contributed by atoms with Crippen molar-refractivity contribution in [2.24, 2.45) is 0 Å². The minimum absolute atomic E-state index is 0.0793. The number of carbonyl (C=O) groups excluding carboxylic acids is 2. The Morgan fingerprint density at radius 3 is 2.43 bits per heavy atom. The number of halogens is 1. The number of methoxy groups -OCH3 is 1. The molecule has 1 aromatic carbocycles. The Morgan fingerprint density at radius 1 is 1.17 bits per heavy atom. The molecule has 0 atom stereocenters. The number of carbonyl (C=O) groups is 2. The average molecular weight is 601 g/mol. The second kappa shape index (κ2) is 11.6. The molecule has 0 saturated heterocycles. The lowest BCUT2D eigenvalue weighted by Gasteiger charge is -2.25. The minimum Gasteiger partial charge on any atom is -0.496 e. The molecule has 0 aliphatic rings. The molecule has 0 aliphatic carbocycles. The smallest absolute Gasteiger partial charge is 0.429 e. The quantitative estimate of drug-likeness (QED) is 0.279. The lowest BCUT2D eigenvalue weighted by molar-refractivity contribution is -0.119. The number of hydrogen-bond acceptors (Lipinski definition) is 10. The number of fused-ring (bicyclic) bond motifs is 1. The molecule has 0 fully saturated rings. The fraction of sp³-hybridized carbons (Fsp3) is 0.333. The SMILES string of the molecule is COc1ccc(F)cc1C(=Cn1c(=O)n(N(C)C(=O)OC(C)(C)C)c(=O)c2c(C)c(-n3nccn3)sc21)OCC(C)=O. The van der Waals surface area contributed by atoms with Crippen LogP contribution in [0.2, 0.25) is 0 Å². The number of benzene rings is 1. The maximum Gasteiger partial charge on any atom is 0.429 e. The van der Waals surface area contributed by atoms with Crippen LogP contribution in [0.15, 0.2) is 40.2 Å². The van der Waals surface area contributed by atoms with Gasteiger partial charge in [-0.05, 0) is 52.8 Å². The first-order chi connectivity index (χ1) is 19.7. The van der Waals surface area contributed by atoms with Crippen LogP contribution in [-0.4, -0.2) is 62.5 Å². The molecule has 4 rings (SSSR count). The molecule has 222 valence electrons. The molecule has 0 saturated carbocycles. The van der Waals surface area contributed by atoms with Crippen LogP contribution in [0, 0.1) is 12.7 Å². The van der Waals surface area contributed by atoms with E-state index >= 15 is 0 Å². The molecule has 3 aromatic heterocycles. The minimum atomic E-state index is -0.971. The van der Waals surface area contributed by atoms with E-state index in [0.717, 1.165) is 27.0 Å². The van der Waals surface area contributed by atoms with E-state index in [1.165, 1.54) is 56.6 Å². The lowest BCUT2D eigenvalue weighted by Crippen LogP contribution is -2.53. The third kappa shape index (κ3) is 5.95. The predicted octanol–water partition coefficient (Wildman–Crippen LogP) is 3.33. The van der Waals surface area contributed by atoms with Crippen molar-refractivity contribution in [3.05, 3.63) is 68.4 Å². The van der Waals surface area contributed by atoms with Gasteiger partial charge in [0.15, 0.2) is 5.78 Å². The fourth-order valence-electron chi connectivity index (χ4n) is 3.94. The van der Waals surface area contributed by atoms with Crippen molar-refractivity contribution in [1.82, 2.24) is 24.2 Å². The number of ketones is 1. The van der Waals surface area contributed by atoms with Crippen molar-refractivity contribution < 1.29 is 28.2 Å². The summed E-state index contributed by atoms with van der Waals surface area (Å²) in [5.41, 5.74) is -2.16. The summed E-state index contributed by atoms with van der Waals surface area (Å²) in [6.07, 6.45) is 3.16. The van der Waals surface area contributed by atoms with Gasteiger partial charge in [0.2, 0.25) is 0 Å². The maximum absolute atomic E-state index is 14.4. The first kappa shape index (κ1) is 30.2. The van der Waals surface area contributed by atoms with Gasteiger partial charge in [0.1, 0.15) is 39.4 Å². The van der Waals surface area contributed by atoms with Crippen LogP contribution in [0.4, 0.5) is 9.18 Å². The molecular formula is C27H29FN6O7S. The van der Waals surface area contributed by atoms with E-state index in [4.69, 9.17) is 14.2 Å². The van der Waals surface area contributed by atoms with Gasteiger partial charge in [0.25, 0.3) is 5.56 Å². The van der Waals surface area contributed by atoms with Crippen molar-refractivity contribution in [3.63, 3.8) is 0 Å². The summed E-state index contributed by atoms with van der Waals surface area (Å²) in [4.78, 5) is 54.1. The van der Waals surface area contributed by atoms with Crippen LogP contribution >= 0.6 is 11.3 Å². The normalized spacial score (nSPS) is 12.0. The number of nitrogens with zero attached hydrogens (tertiary/aromatic N) is 6. The Labute approximate surface area is 242 Å². The second-order valence-corrected chi connectivity index (χ2v) is 11.1. The zero-order chi connectivity index (χ0) is 30.9. The zero-order valence-electron chi connectivity index (χ0n) is 24.0. The van der Waals surface area contributed by atoms with Crippen LogP contribution in [0.1, 0.15) is 38.8 Å². The zero-order valence-corrected chi connectivity index (χ0v) is 24.8. The van der Waals surface area contributed by atoms with Crippen molar-refractivity contribution in [2.45, 2.75) is 40.2 Å². The maximum atomic E-state index is 14.4. The van der Waals surface area contributed by atoms with Crippen molar-refractivity contribution >= 4 is 45.4 Å². The van der Waals surface area contributed by atoms with E-state index in [1.54, 1.807) is 27.7 Å². The van der Waals surface area contributed by atoms with E-state index in [2.05, 4.69) is 10.2 Å². The summed E-state index contributed by atoms with van der Waals surface area (Å²) in [5.74, 6) is -0.893. The van der Waals surface area contributed by atoms with Gasteiger partial charge in [-0.3, -0.25) is 14.2 Å². The second-order valence-electron chi connectivity index (χ2n) is 10.1. The van der Waals surface area contributed by atoms with E-state index in [9.17, 15) is 23.6 Å². The topological polar surface area (TPSA) is 140 Å². The number of rotatable bonds is 8. The first-order valence-corrected chi connectivity index (χ1v) is 13.4. The van der Waals surface area contributed by atoms with Gasteiger partial charge in [-0.1, -0.05) is 11.3 Å². The Bertz CT molecular complexity index is 1820. The molecule has 4 aromatic rings. The third-order valence-electron chi connectivity index (χ3n) is 5.78. The van der Waals surface area contributed by atoms with Gasteiger partial charge in [0, 0.05) is 12.6 Å². The van der Waals surface area contributed by atoms with E-state index in [0.29, 0.717) is 15.2 Å². The largest absolute Gasteiger partial charge is 0.496 e. The third-order valence-corrected chi connectivity index (χ3v) is 7.03. The Morgan fingerprint density at radius 2 is 1.83 bits per heavy atom. The number of amides is 1. The van der Waals surface area contributed by atoms with Crippen LogP contribution < -0.4 is 21.0 Å². The highest BCUT2D eigenvalue weighted by Crippen LogP contribution is 2.33. The van der Waals surface area contributed by atoms with Crippen LogP contribution in [0.5, 0.6) is 5.75 Å². The standard InChI is InChI=1S/C27H29FN6O7S/c1-15(35)14-40-20(18-12-17(28)8-9-19(18)39-7)13-32-24-21(16(2)23(42-24)34-29-10-11-30-34)22(36)33(25(32)37)31(6)26(38)41-27(3,4)5/h8-13H,14H2,1-7H3. The number of hydrogen-bond donors (Lipinski definition) is 0. The summed E-state index contributed by atoms with van der Waals surface area (Å²) < 4.78 is 32.6. The van der Waals surface area contributed by atoms with Gasteiger partial charge in [-0.15, -0.1) is 4.80 Å². The highest BCUT2D eigenvalue weighted by Gasteiger charge is 2.28. The fourth-order valence-corrected chi connectivity index (χ4v) is 5.13. The van der Waals surface area contributed by atoms with E-state index in [1.807, 2.05) is 0 Å². The molecule has 0 spiro atoms. The molecule has 0 N–H and O–H groups in total. The molecule has 0 unspecified atom stereocenters. The Hall–Kier alpha value is -4.79. The predicted molar refractivity (Wildman–Crippen MR) is 154 cm³/mol. The molecule has 0 radical (unpaired) electrons. The van der Waals surface area contributed by atoms with Crippen molar-refractivity contribution in [2.75, 3.05) is 25.8 Å². The molecule has 3 heterocycles. The number of thiophene rings is 1. The molecule has 0 bridgehead atoms. The molecule has 15 heteroatoms. The van der Waals surface area contributed by atoms with Gasteiger partial charge in [0.05, 0.1) is 36.7 Å². The highest BCUT2D eigenvalue weighted by molar-refractivity contribution is 7.21. The van der Waals surface area contributed by atoms with Gasteiger partial charge >= 0.3 is 11.8 Å². The average Bonchev–Trinajstić information content (AvgIpc) is 3.55. The number of aryl methyl sites for hydroxylation is 1. The summed E-state index contributed by atoms with van der Waals surface area (Å²) in [5, 5.41) is 9.56. The van der Waals surface area contributed by atoms with Crippen LogP contribution in [0.25, 0.3) is 27.2 Å². The van der Waals surface area contributed by atoms with Crippen molar-refractivity contribution in [1.29, 1.82) is 0 Å². The Kier molecular flexibility index (Phi) is 8.33. The van der Waals surface area contributed by atoms with Crippen molar-refractivity contribution in [3.8, 4) is 10.8 Å². The van der Waals surface area contributed by atoms with Gasteiger partial charge in [-0.25, -0.2) is 19.0 Å². The molecule has 13 nitrogen and oxygen atoms in total. The van der Waals surface area contributed by atoms with E-state index in [-0.39, 0.29) is 33.1 Å². The molecule has 42 heavy (non-hydrogen) atoms. The molecule has 1 amide bonds. The summed E-state index contributed by atoms with van der Waals surface area (Å²) in [6.45, 7) is 7.47. The summed E-state index contributed by atoms with van der Waals surface area (Å²) in [6, 6.07) is 3.66. The summed E-state index contributed by atoms with van der Waals surface area (Å²) >= 11 is 1.03. The molecular weight excluding hydrogens is 571 g/mol. The first-order valence-electron chi connectivity index (χ1n) is 12.6. The van der Waals surface area contributed by atoms with Crippen LogP contribution in [-0.2, 0) is 14.3 Å². The number of ether oxygens (including phenoxy) is 3. The van der Waals surface area contributed by atoms with Crippen LogP contribution in [0.3, 0.4) is 0 Å². The molecule has 0 aliphatic heterocycles. The number of Topliss-reactive ketones (excluding diaryl/α,β-unsaturated/α-hetero) is 1. The Balaban J connectivity index is 2.10. The highest BCUT2D eigenvalue weighted by atomic mass is 32.1. The monoisotopic (exact) mass is 600 g/mol. The lowest BCUT2D eigenvalue weighted by atomic mass is 10.1.